The SMILES string of the molecule is CCNC(=O)[C@@H](C)NS(=O)(=O)c1cccnc1OCC(F)F. The first-order chi connectivity index (χ1) is 10.3. The Morgan fingerprint density at radius 3 is 2.73 bits per heavy atom. The molecule has 0 spiro atoms. The standard InChI is InChI=1S/C12H17F2N3O4S/c1-3-15-11(18)8(2)17-22(19,20)9-5-4-6-16-12(9)21-7-10(13)14/h4-6,8,10,17H,3,7H2,1-2H3,(H,15,18)/t8-/m1/s1. The Kier molecular flexibility index (Phi) is 6.62. The summed E-state index contributed by atoms with van der Waals surface area (Å²) in [6, 6.07) is 1.44. The topological polar surface area (TPSA) is 97.4 Å². The van der Waals surface area contributed by atoms with Crippen LogP contribution in [0.5, 0.6) is 5.88 Å². The summed E-state index contributed by atoms with van der Waals surface area (Å²) in [7, 11) is -4.14. The van der Waals surface area contributed by atoms with Crippen LogP contribution in [0.25, 0.3) is 0 Å². The summed E-state index contributed by atoms with van der Waals surface area (Å²) in [6.45, 7) is 2.42. The number of rotatable bonds is 8. The van der Waals surface area contributed by atoms with Gasteiger partial charge < -0.3 is 10.1 Å². The third-order valence-corrected chi connectivity index (χ3v) is 4.00. The van der Waals surface area contributed by atoms with Gasteiger partial charge in [-0.1, -0.05) is 0 Å². The lowest BCUT2D eigenvalue weighted by Crippen LogP contribution is -2.44. The molecular weight excluding hydrogens is 320 g/mol. The maximum atomic E-state index is 12.2. The summed E-state index contributed by atoms with van der Waals surface area (Å²) in [5.74, 6) is -0.955. The van der Waals surface area contributed by atoms with Gasteiger partial charge in [-0.25, -0.2) is 22.2 Å². The van der Waals surface area contributed by atoms with Crippen molar-refractivity contribution < 1.29 is 26.7 Å². The fourth-order valence-corrected chi connectivity index (χ4v) is 2.81. The minimum Gasteiger partial charge on any atom is -0.471 e. The second-order valence-corrected chi connectivity index (χ2v) is 5.93. The molecule has 7 nitrogen and oxygen atoms in total. The van der Waals surface area contributed by atoms with Crippen LogP contribution in [0, 0.1) is 0 Å². The third-order valence-electron chi connectivity index (χ3n) is 2.45. The summed E-state index contributed by atoms with van der Waals surface area (Å²) < 4.78 is 55.6. The van der Waals surface area contributed by atoms with Gasteiger partial charge in [0, 0.05) is 12.7 Å². The fraction of sp³-hybridized carbons (Fsp3) is 0.500. The molecule has 22 heavy (non-hydrogen) atoms. The molecule has 0 aliphatic heterocycles. The van der Waals surface area contributed by atoms with E-state index < -0.39 is 45.8 Å². The lowest BCUT2D eigenvalue weighted by Gasteiger charge is -2.15. The van der Waals surface area contributed by atoms with Crippen molar-refractivity contribution in [2.75, 3.05) is 13.2 Å². The lowest BCUT2D eigenvalue weighted by atomic mass is 10.3. The number of alkyl halides is 2. The average molecular weight is 337 g/mol. The van der Waals surface area contributed by atoms with Crippen LogP contribution >= 0.6 is 0 Å². The van der Waals surface area contributed by atoms with Gasteiger partial charge in [0.25, 0.3) is 6.43 Å². The molecule has 1 aromatic rings. The molecule has 0 fully saturated rings. The maximum Gasteiger partial charge on any atom is 0.272 e. The highest BCUT2D eigenvalue weighted by Crippen LogP contribution is 2.21. The molecule has 1 atom stereocenters. The molecule has 0 unspecified atom stereocenters. The van der Waals surface area contributed by atoms with Crippen LogP contribution in [0.15, 0.2) is 23.2 Å². The average Bonchev–Trinajstić information content (AvgIpc) is 2.45. The van der Waals surface area contributed by atoms with Gasteiger partial charge in [-0.15, -0.1) is 0 Å². The number of carbonyl (C=O) groups is 1. The van der Waals surface area contributed by atoms with Crippen LogP contribution in [-0.2, 0) is 14.8 Å². The highest BCUT2D eigenvalue weighted by molar-refractivity contribution is 7.89. The van der Waals surface area contributed by atoms with E-state index in [2.05, 4.69) is 15.0 Å². The molecule has 2 N–H and O–H groups in total. The van der Waals surface area contributed by atoms with Crippen molar-refractivity contribution in [1.82, 2.24) is 15.0 Å². The van der Waals surface area contributed by atoms with Crippen LogP contribution in [0.3, 0.4) is 0 Å². The van der Waals surface area contributed by atoms with Crippen molar-refractivity contribution in [2.45, 2.75) is 31.2 Å². The largest absolute Gasteiger partial charge is 0.471 e. The molecule has 1 rings (SSSR count). The van der Waals surface area contributed by atoms with Gasteiger partial charge in [0.2, 0.25) is 21.8 Å². The number of amides is 1. The Morgan fingerprint density at radius 2 is 2.14 bits per heavy atom. The first-order valence-electron chi connectivity index (χ1n) is 6.44. The number of carbonyl (C=O) groups excluding carboxylic acids is 1. The molecular formula is C12H17F2N3O4S. The van der Waals surface area contributed by atoms with E-state index in [0.29, 0.717) is 6.54 Å². The Bertz CT molecular complexity index is 610. The summed E-state index contributed by atoms with van der Waals surface area (Å²) in [5, 5.41) is 2.46. The van der Waals surface area contributed by atoms with Gasteiger partial charge in [0.1, 0.15) is 4.90 Å². The molecule has 0 saturated heterocycles. The van der Waals surface area contributed by atoms with Crippen molar-refractivity contribution in [3.8, 4) is 5.88 Å². The van der Waals surface area contributed by atoms with E-state index in [0.717, 1.165) is 6.07 Å². The molecule has 10 heteroatoms. The predicted octanol–water partition coefficient (Wildman–Crippen LogP) is 0.528. The number of pyridine rings is 1. The Balaban J connectivity index is 2.95. The van der Waals surface area contributed by atoms with Crippen LogP contribution < -0.4 is 14.8 Å². The van der Waals surface area contributed by atoms with Crippen molar-refractivity contribution in [3.05, 3.63) is 18.3 Å². The van der Waals surface area contributed by atoms with Crippen LogP contribution in [0.2, 0.25) is 0 Å². The van der Waals surface area contributed by atoms with Crippen LogP contribution in [0.4, 0.5) is 8.78 Å². The first kappa shape index (κ1) is 18.2. The summed E-state index contributed by atoms with van der Waals surface area (Å²) in [4.78, 5) is 14.8. The number of nitrogens with one attached hydrogen (secondary N) is 2. The molecule has 1 amide bonds. The monoisotopic (exact) mass is 337 g/mol. The zero-order valence-corrected chi connectivity index (χ0v) is 12.9. The van der Waals surface area contributed by atoms with Gasteiger partial charge in [-0.05, 0) is 26.0 Å². The van der Waals surface area contributed by atoms with Gasteiger partial charge in [-0.3, -0.25) is 4.79 Å². The molecule has 124 valence electrons. The molecule has 1 heterocycles. The number of hydrogen-bond acceptors (Lipinski definition) is 5. The smallest absolute Gasteiger partial charge is 0.272 e. The number of sulfonamides is 1. The zero-order chi connectivity index (χ0) is 16.8. The van der Waals surface area contributed by atoms with E-state index in [9.17, 15) is 22.0 Å². The normalized spacial score (nSPS) is 13.0. The van der Waals surface area contributed by atoms with Crippen LogP contribution in [0.1, 0.15) is 13.8 Å². The van der Waals surface area contributed by atoms with Crippen molar-refractivity contribution in [2.24, 2.45) is 0 Å². The number of aromatic nitrogens is 1. The van der Waals surface area contributed by atoms with Crippen molar-refractivity contribution in [3.63, 3.8) is 0 Å². The number of halogens is 2. The Labute approximate surface area is 127 Å². The van der Waals surface area contributed by atoms with E-state index in [1.54, 1.807) is 6.92 Å². The summed E-state index contributed by atoms with van der Waals surface area (Å²) >= 11 is 0. The highest BCUT2D eigenvalue weighted by Gasteiger charge is 2.25. The summed E-state index contributed by atoms with van der Waals surface area (Å²) in [6.07, 6.45) is -1.55. The third kappa shape index (κ3) is 5.19. The molecule has 0 aliphatic carbocycles. The van der Waals surface area contributed by atoms with Crippen molar-refractivity contribution >= 4 is 15.9 Å². The molecule has 0 radical (unpaired) electrons. The summed E-state index contributed by atoms with van der Waals surface area (Å²) in [5.41, 5.74) is 0. The second kappa shape index (κ2) is 7.99. The second-order valence-electron chi connectivity index (χ2n) is 4.25. The lowest BCUT2D eigenvalue weighted by molar-refractivity contribution is -0.122. The molecule has 0 saturated carbocycles. The van der Waals surface area contributed by atoms with Gasteiger partial charge in [-0.2, -0.15) is 4.72 Å². The van der Waals surface area contributed by atoms with E-state index in [4.69, 9.17) is 4.74 Å². The number of likely N-dealkylation sites (N-methyl/N-ethyl adjacent to an activating group) is 1. The first-order valence-corrected chi connectivity index (χ1v) is 7.92. The highest BCUT2D eigenvalue weighted by atomic mass is 32.2. The quantitative estimate of drug-likeness (QED) is 0.721. The van der Waals surface area contributed by atoms with E-state index in [1.165, 1.54) is 19.2 Å². The molecule has 0 aliphatic rings. The van der Waals surface area contributed by atoms with E-state index in [-0.39, 0.29) is 0 Å². The number of ether oxygens (including phenoxy) is 1. The Morgan fingerprint density at radius 1 is 1.45 bits per heavy atom. The number of nitrogens with zero attached hydrogens (tertiary/aromatic N) is 1. The van der Waals surface area contributed by atoms with E-state index >= 15 is 0 Å². The van der Waals surface area contributed by atoms with Gasteiger partial charge >= 0.3 is 0 Å². The van der Waals surface area contributed by atoms with Crippen LogP contribution in [-0.4, -0.2) is 44.9 Å². The number of hydrogen-bond donors (Lipinski definition) is 2. The minimum atomic E-state index is -4.14. The fourth-order valence-electron chi connectivity index (χ4n) is 1.51. The van der Waals surface area contributed by atoms with Crippen molar-refractivity contribution in [1.29, 1.82) is 0 Å². The molecule has 0 aromatic carbocycles. The van der Waals surface area contributed by atoms with Gasteiger partial charge in [0.15, 0.2) is 6.61 Å². The zero-order valence-electron chi connectivity index (χ0n) is 12.0. The van der Waals surface area contributed by atoms with E-state index in [1.807, 2.05) is 0 Å². The molecule has 0 bridgehead atoms. The predicted molar refractivity (Wildman–Crippen MR) is 74.2 cm³/mol. The Hall–Kier alpha value is -1.81. The molecule has 1 aromatic heterocycles. The van der Waals surface area contributed by atoms with Gasteiger partial charge in [0.05, 0.1) is 6.04 Å². The minimum absolute atomic E-state index is 0.348. The maximum absolute atomic E-state index is 12.2.